The van der Waals surface area contributed by atoms with Gasteiger partial charge in [-0.1, -0.05) is 24.3 Å². The Morgan fingerprint density at radius 1 is 1.05 bits per heavy atom. The summed E-state index contributed by atoms with van der Waals surface area (Å²) in [5.41, 5.74) is 2.84. The number of aromatic nitrogens is 4. The molecule has 11 nitrogen and oxygen atoms in total. The molecule has 0 aliphatic heterocycles. The predicted molar refractivity (Wildman–Crippen MR) is 152 cm³/mol. The average Bonchev–Trinajstić information content (AvgIpc) is 3.36. The minimum absolute atomic E-state index is 0.0896. The van der Waals surface area contributed by atoms with Crippen molar-refractivity contribution in [3.63, 3.8) is 0 Å². The van der Waals surface area contributed by atoms with E-state index in [1.54, 1.807) is 37.4 Å². The molecule has 0 aliphatic rings. The van der Waals surface area contributed by atoms with Crippen LogP contribution in [0.2, 0.25) is 0 Å². The lowest BCUT2D eigenvalue weighted by molar-refractivity contribution is 0.102. The molecular formula is C29H26N8O3. The van der Waals surface area contributed by atoms with Crippen LogP contribution < -0.4 is 20.7 Å². The van der Waals surface area contributed by atoms with Gasteiger partial charge in [-0.3, -0.25) is 4.79 Å². The quantitative estimate of drug-likeness (QED) is 0.163. The molecule has 5 rings (SSSR count). The molecule has 200 valence electrons. The number of fused-ring (bicyclic) bond motifs is 1. The van der Waals surface area contributed by atoms with Crippen LogP contribution in [0, 0.1) is 25.2 Å². The van der Waals surface area contributed by atoms with Gasteiger partial charge in [-0.15, -0.1) is 0 Å². The maximum absolute atomic E-state index is 13.2. The fourth-order valence-electron chi connectivity index (χ4n) is 4.33. The number of hydrogen-bond acceptors (Lipinski definition) is 9. The number of phenols is 1. The van der Waals surface area contributed by atoms with Gasteiger partial charge < -0.3 is 25.8 Å². The molecule has 0 unspecified atom stereocenters. The van der Waals surface area contributed by atoms with E-state index in [0.717, 1.165) is 22.2 Å². The molecule has 2 heterocycles. The van der Waals surface area contributed by atoms with Crippen LogP contribution >= 0.6 is 0 Å². The third-order valence-electron chi connectivity index (χ3n) is 6.19. The molecule has 0 aliphatic carbocycles. The topological polar surface area (TPSA) is 150 Å². The Hall–Kier alpha value is -5.63. The number of anilines is 3. The molecule has 2 aromatic heterocycles. The van der Waals surface area contributed by atoms with Gasteiger partial charge in [0.2, 0.25) is 0 Å². The van der Waals surface area contributed by atoms with E-state index in [1.807, 2.05) is 44.2 Å². The van der Waals surface area contributed by atoms with Gasteiger partial charge in [-0.25, -0.2) is 9.97 Å². The number of carbonyl (C=O) groups is 1. The monoisotopic (exact) mass is 534 g/mol. The van der Waals surface area contributed by atoms with Gasteiger partial charge >= 0.3 is 0 Å². The standard InChI is InChI=1S/C29H26N8O3/c1-17-12-18(2)35-29(34-17)37-27(20(14-30)15-33-37)32-16-31-25-23-7-5-4-6-19(23)13-24(26(25)38)28(39)36-21-8-10-22(40-3)11-9-21/h4-13,15,31-32,38H,16H2,1-3H3,(H,36,39). The number of phenolic OH excluding ortho intramolecular Hbond substituents is 1. The van der Waals surface area contributed by atoms with Gasteiger partial charge in [0.15, 0.2) is 11.6 Å². The summed E-state index contributed by atoms with van der Waals surface area (Å²) in [5.74, 6) is 0.694. The molecule has 0 spiro atoms. The van der Waals surface area contributed by atoms with Crippen LogP contribution in [-0.2, 0) is 0 Å². The largest absolute Gasteiger partial charge is 0.505 e. The number of methoxy groups -OCH3 is 1. The molecular weight excluding hydrogens is 508 g/mol. The first-order chi connectivity index (χ1) is 19.4. The van der Waals surface area contributed by atoms with Crippen LogP contribution in [0.3, 0.4) is 0 Å². The summed E-state index contributed by atoms with van der Waals surface area (Å²) >= 11 is 0. The SMILES string of the molecule is COc1ccc(NC(=O)c2cc3ccccc3c(NCNc3c(C#N)cnn3-c3nc(C)cc(C)n3)c2O)cc1. The van der Waals surface area contributed by atoms with Crippen LogP contribution in [0.25, 0.3) is 16.7 Å². The Balaban J connectivity index is 1.43. The molecule has 40 heavy (non-hydrogen) atoms. The Bertz CT molecular complexity index is 1740. The first-order valence-electron chi connectivity index (χ1n) is 12.4. The smallest absolute Gasteiger partial charge is 0.259 e. The molecule has 1 amide bonds. The minimum Gasteiger partial charge on any atom is -0.505 e. The van der Waals surface area contributed by atoms with Crippen molar-refractivity contribution in [2.45, 2.75) is 13.8 Å². The number of aromatic hydroxyl groups is 1. The minimum atomic E-state index is -0.471. The lowest BCUT2D eigenvalue weighted by atomic mass is 10.0. The highest BCUT2D eigenvalue weighted by Gasteiger charge is 2.19. The van der Waals surface area contributed by atoms with E-state index in [2.05, 4.69) is 37.1 Å². The molecule has 0 saturated carbocycles. The third-order valence-corrected chi connectivity index (χ3v) is 6.19. The first-order valence-corrected chi connectivity index (χ1v) is 12.4. The number of carbonyl (C=O) groups excluding carboxylic acids is 1. The van der Waals surface area contributed by atoms with Crippen molar-refractivity contribution in [1.82, 2.24) is 19.7 Å². The molecule has 11 heteroatoms. The highest BCUT2D eigenvalue weighted by atomic mass is 16.5. The molecule has 0 fully saturated rings. The van der Waals surface area contributed by atoms with Gasteiger partial charge in [-0.05, 0) is 55.6 Å². The number of aryl methyl sites for hydroxylation is 2. The zero-order valence-electron chi connectivity index (χ0n) is 22.1. The van der Waals surface area contributed by atoms with Crippen LogP contribution in [0.15, 0.2) is 66.9 Å². The maximum Gasteiger partial charge on any atom is 0.259 e. The average molecular weight is 535 g/mol. The van der Waals surface area contributed by atoms with Crippen LogP contribution in [0.1, 0.15) is 27.3 Å². The Labute approximate surface area is 230 Å². The lowest BCUT2D eigenvalue weighted by Crippen LogP contribution is -2.18. The van der Waals surface area contributed by atoms with E-state index in [-0.39, 0.29) is 18.0 Å². The van der Waals surface area contributed by atoms with E-state index in [0.29, 0.717) is 34.5 Å². The second kappa shape index (κ2) is 11.0. The van der Waals surface area contributed by atoms with Crippen molar-refractivity contribution in [2.75, 3.05) is 29.7 Å². The van der Waals surface area contributed by atoms with E-state index >= 15 is 0 Å². The Kier molecular flexibility index (Phi) is 7.15. The van der Waals surface area contributed by atoms with E-state index in [1.165, 1.54) is 10.9 Å². The summed E-state index contributed by atoms with van der Waals surface area (Å²) in [6, 6.07) is 19.9. The second-order valence-electron chi connectivity index (χ2n) is 8.96. The summed E-state index contributed by atoms with van der Waals surface area (Å²) < 4.78 is 6.62. The van der Waals surface area contributed by atoms with E-state index in [9.17, 15) is 15.2 Å². The molecule has 0 bridgehead atoms. The van der Waals surface area contributed by atoms with Crippen LogP contribution in [0.4, 0.5) is 17.2 Å². The predicted octanol–water partition coefficient (Wildman–Crippen LogP) is 4.75. The number of nitriles is 1. The van der Waals surface area contributed by atoms with E-state index < -0.39 is 5.91 Å². The number of nitrogens with zero attached hydrogens (tertiary/aromatic N) is 5. The summed E-state index contributed by atoms with van der Waals surface area (Å²) in [5, 5.41) is 35.8. The number of ether oxygens (including phenoxy) is 1. The van der Waals surface area contributed by atoms with Crippen molar-refractivity contribution in [3.05, 3.63) is 89.4 Å². The number of benzene rings is 3. The van der Waals surface area contributed by atoms with Crippen LogP contribution in [0.5, 0.6) is 11.5 Å². The fourth-order valence-corrected chi connectivity index (χ4v) is 4.33. The Morgan fingerprint density at radius 3 is 2.48 bits per heavy atom. The van der Waals surface area contributed by atoms with Crippen molar-refractivity contribution in [3.8, 4) is 23.5 Å². The summed E-state index contributed by atoms with van der Waals surface area (Å²) in [6.45, 7) is 3.80. The van der Waals surface area contributed by atoms with E-state index in [4.69, 9.17) is 4.74 Å². The van der Waals surface area contributed by atoms with Crippen molar-refractivity contribution in [1.29, 1.82) is 5.26 Å². The molecule has 3 aromatic carbocycles. The molecule has 0 atom stereocenters. The van der Waals surface area contributed by atoms with Crippen molar-refractivity contribution >= 4 is 33.9 Å². The zero-order valence-corrected chi connectivity index (χ0v) is 22.1. The third kappa shape index (κ3) is 5.19. The van der Waals surface area contributed by atoms with Gasteiger partial charge in [0.25, 0.3) is 11.9 Å². The highest BCUT2D eigenvalue weighted by molar-refractivity contribution is 6.12. The zero-order chi connectivity index (χ0) is 28.2. The van der Waals surface area contributed by atoms with Crippen molar-refractivity contribution in [2.24, 2.45) is 0 Å². The number of hydrogen-bond donors (Lipinski definition) is 4. The number of amides is 1. The normalized spacial score (nSPS) is 10.7. The second-order valence-corrected chi connectivity index (χ2v) is 8.96. The summed E-state index contributed by atoms with van der Waals surface area (Å²) in [4.78, 5) is 22.1. The number of rotatable bonds is 8. The summed E-state index contributed by atoms with van der Waals surface area (Å²) in [6.07, 6.45) is 1.43. The molecule has 4 N–H and O–H groups in total. The van der Waals surface area contributed by atoms with Gasteiger partial charge in [0.05, 0.1) is 31.2 Å². The summed E-state index contributed by atoms with van der Waals surface area (Å²) in [7, 11) is 1.57. The first kappa shape index (κ1) is 26.0. The van der Waals surface area contributed by atoms with Crippen molar-refractivity contribution < 1.29 is 14.6 Å². The van der Waals surface area contributed by atoms with Gasteiger partial charge in [0, 0.05) is 22.5 Å². The van der Waals surface area contributed by atoms with Gasteiger partial charge in [-0.2, -0.15) is 15.0 Å². The molecule has 5 aromatic rings. The fraction of sp³-hybridized carbons (Fsp3) is 0.138. The van der Waals surface area contributed by atoms with Crippen LogP contribution in [-0.4, -0.2) is 44.5 Å². The Morgan fingerprint density at radius 2 is 1.77 bits per heavy atom. The highest BCUT2D eigenvalue weighted by Crippen LogP contribution is 2.36. The molecule has 0 radical (unpaired) electrons. The number of nitrogens with one attached hydrogen (secondary N) is 3. The lowest BCUT2D eigenvalue weighted by Gasteiger charge is -2.17. The molecule has 0 saturated heterocycles. The van der Waals surface area contributed by atoms with Gasteiger partial charge in [0.1, 0.15) is 17.4 Å². The maximum atomic E-state index is 13.2.